The molecule has 0 spiro atoms. The number of carbonyl (C=O) groups is 1. The van der Waals surface area contributed by atoms with Crippen molar-refractivity contribution in [1.29, 1.82) is 0 Å². The Bertz CT molecular complexity index is 294. The van der Waals surface area contributed by atoms with Gasteiger partial charge >= 0.3 is 0 Å². The number of furan rings is 1. The summed E-state index contributed by atoms with van der Waals surface area (Å²) in [5, 5.41) is 2.85. The third kappa shape index (κ3) is 4.16. The normalized spacial score (nSPS) is 14.6. The molecule has 0 bridgehead atoms. The largest absolute Gasteiger partial charge is 0.467 e. The van der Waals surface area contributed by atoms with Crippen LogP contribution in [0, 0.1) is 0 Å². The lowest BCUT2D eigenvalue weighted by Crippen LogP contribution is -2.28. The summed E-state index contributed by atoms with van der Waals surface area (Å²) >= 11 is 0. The lowest BCUT2D eigenvalue weighted by atomic mass is 10.2. The monoisotopic (exact) mass is 210 g/mol. The van der Waals surface area contributed by atoms with Gasteiger partial charge in [-0.05, 0) is 32.4 Å². The van der Waals surface area contributed by atoms with Crippen molar-refractivity contribution in [3.63, 3.8) is 0 Å². The minimum Gasteiger partial charge on any atom is -0.467 e. The van der Waals surface area contributed by atoms with E-state index in [1.165, 1.54) is 0 Å². The van der Waals surface area contributed by atoms with Gasteiger partial charge in [0.1, 0.15) is 5.76 Å². The molecule has 0 saturated heterocycles. The van der Waals surface area contributed by atoms with Gasteiger partial charge in [-0.15, -0.1) is 0 Å². The molecule has 0 aromatic carbocycles. The first-order chi connectivity index (χ1) is 7.09. The number of carbonyl (C=O) groups excluding carboxylic acids is 1. The van der Waals surface area contributed by atoms with Crippen LogP contribution in [-0.2, 0) is 4.79 Å². The van der Waals surface area contributed by atoms with Crippen molar-refractivity contribution in [3.8, 4) is 0 Å². The number of rotatable bonds is 5. The van der Waals surface area contributed by atoms with E-state index in [-0.39, 0.29) is 18.0 Å². The van der Waals surface area contributed by atoms with Gasteiger partial charge in [0.25, 0.3) is 0 Å². The maximum absolute atomic E-state index is 11.4. The predicted molar refractivity (Wildman–Crippen MR) is 58.1 cm³/mol. The van der Waals surface area contributed by atoms with Crippen LogP contribution in [0.5, 0.6) is 0 Å². The molecule has 0 aliphatic carbocycles. The molecule has 0 aliphatic heterocycles. The Morgan fingerprint density at radius 1 is 1.60 bits per heavy atom. The maximum Gasteiger partial charge on any atom is 0.220 e. The third-order valence-corrected chi connectivity index (χ3v) is 2.17. The molecule has 1 heterocycles. The van der Waals surface area contributed by atoms with Crippen LogP contribution >= 0.6 is 0 Å². The Morgan fingerprint density at radius 3 is 2.87 bits per heavy atom. The van der Waals surface area contributed by atoms with E-state index in [0.717, 1.165) is 5.76 Å². The Hall–Kier alpha value is -1.29. The van der Waals surface area contributed by atoms with E-state index in [2.05, 4.69) is 5.32 Å². The second kappa shape index (κ2) is 5.56. The first-order valence-electron chi connectivity index (χ1n) is 5.18. The molecule has 3 N–H and O–H groups in total. The molecule has 15 heavy (non-hydrogen) atoms. The highest BCUT2D eigenvalue weighted by Crippen LogP contribution is 2.12. The molecule has 2 atom stereocenters. The van der Waals surface area contributed by atoms with Gasteiger partial charge in [-0.25, -0.2) is 0 Å². The topological polar surface area (TPSA) is 68.3 Å². The van der Waals surface area contributed by atoms with Crippen molar-refractivity contribution in [2.75, 3.05) is 0 Å². The van der Waals surface area contributed by atoms with Gasteiger partial charge in [0, 0.05) is 12.5 Å². The van der Waals surface area contributed by atoms with E-state index in [1.807, 2.05) is 19.9 Å². The molecule has 0 radical (unpaired) electrons. The molecule has 0 saturated carbocycles. The molecule has 1 aromatic heterocycles. The van der Waals surface area contributed by atoms with Crippen LogP contribution in [0.25, 0.3) is 0 Å². The van der Waals surface area contributed by atoms with Gasteiger partial charge in [0.05, 0.1) is 12.3 Å². The van der Waals surface area contributed by atoms with Crippen LogP contribution in [0.4, 0.5) is 0 Å². The van der Waals surface area contributed by atoms with Gasteiger partial charge in [-0.2, -0.15) is 0 Å². The van der Waals surface area contributed by atoms with Gasteiger partial charge in [-0.1, -0.05) is 0 Å². The molecule has 0 fully saturated rings. The van der Waals surface area contributed by atoms with E-state index in [0.29, 0.717) is 12.8 Å². The third-order valence-electron chi connectivity index (χ3n) is 2.17. The van der Waals surface area contributed by atoms with Crippen molar-refractivity contribution >= 4 is 5.91 Å². The summed E-state index contributed by atoms with van der Waals surface area (Å²) in [6, 6.07) is 3.63. The number of hydrogen-bond acceptors (Lipinski definition) is 3. The van der Waals surface area contributed by atoms with Crippen LogP contribution in [-0.4, -0.2) is 11.9 Å². The molecule has 1 amide bonds. The summed E-state index contributed by atoms with van der Waals surface area (Å²) in [5.74, 6) is 0.778. The second-order valence-corrected chi connectivity index (χ2v) is 3.82. The molecule has 84 valence electrons. The molecule has 1 rings (SSSR count). The minimum absolute atomic E-state index is 0.0104. The lowest BCUT2D eigenvalue weighted by Gasteiger charge is -2.11. The molecule has 1 aromatic rings. The van der Waals surface area contributed by atoms with E-state index in [4.69, 9.17) is 10.2 Å². The van der Waals surface area contributed by atoms with Crippen molar-refractivity contribution < 1.29 is 9.21 Å². The van der Waals surface area contributed by atoms with Crippen molar-refractivity contribution in [2.45, 2.75) is 38.8 Å². The van der Waals surface area contributed by atoms with E-state index in [1.54, 1.807) is 12.3 Å². The lowest BCUT2D eigenvalue weighted by molar-refractivity contribution is -0.122. The Labute approximate surface area is 89.8 Å². The molecular weight excluding hydrogens is 192 g/mol. The fraction of sp³-hybridized carbons (Fsp3) is 0.545. The number of nitrogens with one attached hydrogen (secondary N) is 1. The smallest absolute Gasteiger partial charge is 0.220 e. The summed E-state index contributed by atoms with van der Waals surface area (Å²) in [5.41, 5.74) is 5.57. The van der Waals surface area contributed by atoms with Crippen LogP contribution in [0.2, 0.25) is 0 Å². The molecule has 0 aliphatic rings. The number of nitrogens with two attached hydrogens (primary N) is 1. The molecular formula is C11H18N2O2. The van der Waals surface area contributed by atoms with E-state index in [9.17, 15) is 4.79 Å². The maximum atomic E-state index is 11.4. The first kappa shape index (κ1) is 11.8. The Morgan fingerprint density at radius 2 is 2.33 bits per heavy atom. The zero-order valence-electron chi connectivity index (χ0n) is 9.19. The van der Waals surface area contributed by atoms with Crippen LogP contribution in [0.1, 0.15) is 38.5 Å². The zero-order chi connectivity index (χ0) is 11.3. The van der Waals surface area contributed by atoms with Gasteiger partial charge in [0.15, 0.2) is 0 Å². The van der Waals surface area contributed by atoms with E-state index >= 15 is 0 Å². The summed E-state index contributed by atoms with van der Waals surface area (Å²) in [6.07, 6.45) is 2.76. The standard InChI is InChI=1S/C11H18N2O2/c1-8(12)5-6-11(14)13-9(2)10-4-3-7-15-10/h3-4,7-9H,5-6,12H2,1-2H3,(H,13,14)/t8?,9-/m1/s1. The summed E-state index contributed by atoms with van der Waals surface area (Å²) in [6.45, 7) is 3.78. The molecule has 4 nitrogen and oxygen atoms in total. The summed E-state index contributed by atoms with van der Waals surface area (Å²) < 4.78 is 5.18. The number of amides is 1. The first-order valence-corrected chi connectivity index (χ1v) is 5.18. The van der Waals surface area contributed by atoms with Crippen LogP contribution < -0.4 is 11.1 Å². The Balaban J connectivity index is 2.32. The predicted octanol–water partition coefficient (Wildman–Crippen LogP) is 1.58. The fourth-order valence-corrected chi connectivity index (χ4v) is 1.28. The minimum atomic E-state index is -0.0828. The summed E-state index contributed by atoms with van der Waals surface area (Å²) in [4.78, 5) is 11.4. The summed E-state index contributed by atoms with van der Waals surface area (Å²) in [7, 11) is 0. The van der Waals surface area contributed by atoms with E-state index < -0.39 is 0 Å². The SMILES string of the molecule is CC(N)CCC(=O)N[C@H](C)c1ccco1. The van der Waals surface area contributed by atoms with Crippen molar-refractivity contribution in [1.82, 2.24) is 5.32 Å². The average molecular weight is 210 g/mol. The Kier molecular flexibility index (Phi) is 4.37. The molecule has 1 unspecified atom stereocenters. The second-order valence-electron chi connectivity index (χ2n) is 3.82. The highest BCUT2D eigenvalue weighted by atomic mass is 16.3. The van der Waals surface area contributed by atoms with Crippen molar-refractivity contribution in [2.24, 2.45) is 5.73 Å². The fourth-order valence-electron chi connectivity index (χ4n) is 1.28. The highest BCUT2D eigenvalue weighted by Gasteiger charge is 2.11. The van der Waals surface area contributed by atoms with Gasteiger partial charge in [0.2, 0.25) is 5.91 Å². The van der Waals surface area contributed by atoms with Crippen molar-refractivity contribution in [3.05, 3.63) is 24.2 Å². The average Bonchev–Trinajstić information content (AvgIpc) is 2.67. The highest BCUT2D eigenvalue weighted by molar-refractivity contribution is 5.76. The quantitative estimate of drug-likeness (QED) is 0.775. The zero-order valence-corrected chi connectivity index (χ0v) is 9.19. The van der Waals surface area contributed by atoms with Gasteiger partial charge < -0.3 is 15.5 Å². The van der Waals surface area contributed by atoms with Gasteiger partial charge in [-0.3, -0.25) is 4.79 Å². The number of hydrogen-bond donors (Lipinski definition) is 2. The molecule has 4 heteroatoms. The van der Waals surface area contributed by atoms with Crippen LogP contribution in [0.3, 0.4) is 0 Å². The van der Waals surface area contributed by atoms with Crippen LogP contribution in [0.15, 0.2) is 22.8 Å².